The Kier molecular flexibility index (Phi) is 4.26. The molecule has 0 bridgehead atoms. The third-order valence-corrected chi connectivity index (χ3v) is 4.76. The summed E-state index contributed by atoms with van der Waals surface area (Å²) >= 11 is 0. The largest absolute Gasteiger partial charge is 0.490 e. The number of ether oxygens (including phenoxy) is 1. The van der Waals surface area contributed by atoms with Crippen molar-refractivity contribution in [3.8, 4) is 5.75 Å². The maximum Gasteiger partial charge on any atom is 0.339 e. The lowest BCUT2D eigenvalue weighted by atomic mass is 9.54. The standard InChI is InChI=1S/C16H22BFO4/c1-6-21-13-10(14(19)20)7-8-11(12(13)18)17-9-15(2,3)16(4,5)22-17/h7-8H,6,9H2,1-5H3,(H,19,20). The van der Waals surface area contributed by atoms with Gasteiger partial charge in [0.15, 0.2) is 11.6 Å². The van der Waals surface area contributed by atoms with E-state index in [1.54, 1.807) is 6.92 Å². The molecule has 0 spiro atoms. The molecule has 0 radical (unpaired) electrons. The zero-order valence-electron chi connectivity index (χ0n) is 13.7. The molecular formula is C16H22BFO4. The van der Waals surface area contributed by atoms with E-state index in [1.807, 2.05) is 13.8 Å². The third-order valence-electron chi connectivity index (χ3n) is 4.76. The molecule has 1 fully saturated rings. The minimum Gasteiger partial charge on any atom is -0.490 e. The summed E-state index contributed by atoms with van der Waals surface area (Å²) in [6, 6.07) is 2.87. The Bertz CT molecular complexity index is 582. The first-order valence-electron chi connectivity index (χ1n) is 7.47. The minimum atomic E-state index is -1.21. The number of hydrogen-bond acceptors (Lipinski definition) is 3. The molecule has 1 saturated heterocycles. The van der Waals surface area contributed by atoms with Gasteiger partial charge in [-0.25, -0.2) is 9.18 Å². The van der Waals surface area contributed by atoms with Crippen LogP contribution in [0.1, 0.15) is 45.0 Å². The predicted octanol–water partition coefficient (Wildman–Crippen LogP) is 2.96. The van der Waals surface area contributed by atoms with E-state index in [1.165, 1.54) is 12.1 Å². The van der Waals surface area contributed by atoms with E-state index >= 15 is 0 Å². The van der Waals surface area contributed by atoms with Crippen molar-refractivity contribution in [2.24, 2.45) is 5.41 Å². The number of carbonyl (C=O) groups is 1. The highest BCUT2D eigenvalue weighted by atomic mass is 19.1. The van der Waals surface area contributed by atoms with Crippen molar-refractivity contribution in [2.75, 3.05) is 6.61 Å². The number of halogens is 1. The molecule has 0 unspecified atom stereocenters. The molecular weight excluding hydrogens is 286 g/mol. The third kappa shape index (κ3) is 2.72. The Morgan fingerprint density at radius 3 is 2.50 bits per heavy atom. The van der Waals surface area contributed by atoms with E-state index in [9.17, 15) is 9.18 Å². The van der Waals surface area contributed by atoms with Gasteiger partial charge in [0.25, 0.3) is 0 Å². The van der Waals surface area contributed by atoms with Crippen molar-refractivity contribution in [3.05, 3.63) is 23.5 Å². The van der Waals surface area contributed by atoms with Gasteiger partial charge in [0.1, 0.15) is 5.56 Å². The van der Waals surface area contributed by atoms with Crippen molar-refractivity contribution in [1.82, 2.24) is 0 Å². The summed E-state index contributed by atoms with van der Waals surface area (Å²) in [5.41, 5.74) is -0.311. The molecule has 6 heteroatoms. The topological polar surface area (TPSA) is 55.8 Å². The molecule has 1 aromatic rings. The number of rotatable bonds is 4. The average molecular weight is 308 g/mol. The van der Waals surface area contributed by atoms with Crippen LogP contribution in [0.5, 0.6) is 5.75 Å². The van der Waals surface area contributed by atoms with Crippen LogP contribution in [0, 0.1) is 11.2 Å². The molecule has 1 aliphatic rings. The highest BCUT2D eigenvalue weighted by Gasteiger charge is 2.50. The molecule has 0 aromatic heterocycles. The van der Waals surface area contributed by atoms with Crippen LogP contribution in [0.2, 0.25) is 6.32 Å². The van der Waals surface area contributed by atoms with Crippen molar-refractivity contribution >= 4 is 18.3 Å². The van der Waals surface area contributed by atoms with Crippen molar-refractivity contribution in [1.29, 1.82) is 0 Å². The van der Waals surface area contributed by atoms with Crippen LogP contribution in [0.4, 0.5) is 4.39 Å². The first kappa shape index (κ1) is 16.8. The number of benzene rings is 1. The lowest BCUT2D eigenvalue weighted by Crippen LogP contribution is -2.37. The Morgan fingerprint density at radius 2 is 2.05 bits per heavy atom. The number of hydrogen-bond donors (Lipinski definition) is 1. The van der Waals surface area contributed by atoms with Gasteiger partial charge in [-0.1, -0.05) is 19.9 Å². The normalized spacial score (nSPS) is 19.3. The Morgan fingerprint density at radius 1 is 1.41 bits per heavy atom. The zero-order valence-corrected chi connectivity index (χ0v) is 13.7. The fraction of sp³-hybridized carbons (Fsp3) is 0.562. The van der Waals surface area contributed by atoms with Crippen LogP contribution >= 0.6 is 0 Å². The van der Waals surface area contributed by atoms with Crippen LogP contribution in [0.25, 0.3) is 0 Å². The molecule has 2 rings (SSSR count). The van der Waals surface area contributed by atoms with Crippen LogP contribution < -0.4 is 10.2 Å². The van der Waals surface area contributed by atoms with Gasteiger partial charge >= 0.3 is 12.9 Å². The van der Waals surface area contributed by atoms with Crippen molar-refractivity contribution in [3.63, 3.8) is 0 Å². The summed E-state index contributed by atoms with van der Waals surface area (Å²) in [6.07, 6.45) is 0.662. The number of carboxylic acids is 1. The maximum atomic E-state index is 14.8. The van der Waals surface area contributed by atoms with Crippen molar-refractivity contribution in [2.45, 2.75) is 46.5 Å². The van der Waals surface area contributed by atoms with E-state index in [0.717, 1.165) is 0 Å². The molecule has 0 aliphatic carbocycles. The van der Waals surface area contributed by atoms with Gasteiger partial charge in [-0.05, 0) is 44.0 Å². The van der Waals surface area contributed by atoms with Gasteiger partial charge in [0.05, 0.1) is 12.2 Å². The summed E-state index contributed by atoms with van der Waals surface area (Å²) in [4.78, 5) is 11.2. The molecule has 1 aromatic carbocycles. The predicted molar refractivity (Wildman–Crippen MR) is 83.7 cm³/mol. The molecule has 1 aliphatic heterocycles. The monoisotopic (exact) mass is 308 g/mol. The van der Waals surface area contributed by atoms with Gasteiger partial charge in [-0.2, -0.15) is 0 Å². The molecule has 0 atom stereocenters. The number of aromatic carboxylic acids is 1. The van der Waals surface area contributed by atoms with E-state index in [-0.39, 0.29) is 28.9 Å². The van der Waals surface area contributed by atoms with E-state index < -0.39 is 18.7 Å². The Labute approximate surface area is 130 Å². The average Bonchev–Trinajstić information content (AvgIpc) is 2.60. The molecule has 4 nitrogen and oxygen atoms in total. The minimum absolute atomic E-state index is 0.110. The summed E-state index contributed by atoms with van der Waals surface area (Å²) < 4.78 is 26.0. The smallest absolute Gasteiger partial charge is 0.339 e. The summed E-state index contributed by atoms with van der Waals surface area (Å²) in [7, 11) is 0. The van der Waals surface area contributed by atoms with Gasteiger partial charge in [-0.15, -0.1) is 0 Å². The lowest BCUT2D eigenvalue weighted by molar-refractivity contribution is 0.0374. The van der Waals surface area contributed by atoms with Gasteiger partial charge in [0, 0.05) is 0 Å². The summed E-state index contributed by atoms with van der Waals surface area (Å²) in [5.74, 6) is -2.05. The van der Waals surface area contributed by atoms with E-state index in [0.29, 0.717) is 11.8 Å². The highest BCUT2D eigenvalue weighted by molar-refractivity contribution is 6.68. The summed E-state index contributed by atoms with van der Waals surface area (Å²) in [5, 5.41) is 9.16. The molecule has 0 amide bonds. The number of carboxylic acid groups (broad SMARTS) is 1. The van der Waals surface area contributed by atoms with Crippen LogP contribution in [0.15, 0.2) is 12.1 Å². The zero-order chi connectivity index (χ0) is 16.7. The first-order valence-corrected chi connectivity index (χ1v) is 7.47. The summed E-state index contributed by atoms with van der Waals surface area (Å²) in [6.45, 7) is 9.62. The first-order chi connectivity index (χ1) is 10.1. The van der Waals surface area contributed by atoms with E-state index in [2.05, 4.69) is 13.8 Å². The quantitative estimate of drug-likeness (QED) is 0.869. The molecule has 22 heavy (non-hydrogen) atoms. The SMILES string of the molecule is CCOc1c(C(=O)O)ccc(B2CC(C)(C)C(C)(C)O2)c1F. The van der Waals surface area contributed by atoms with Gasteiger partial charge in [-0.3, -0.25) is 0 Å². The van der Waals surface area contributed by atoms with Gasteiger partial charge in [0.2, 0.25) is 0 Å². The maximum absolute atomic E-state index is 14.8. The lowest BCUT2D eigenvalue weighted by Gasteiger charge is -2.34. The van der Waals surface area contributed by atoms with Crippen LogP contribution in [-0.4, -0.2) is 30.2 Å². The molecule has 120 valence electrons. The fourth-order valence-corrected chi connectivity index (χ4v) is 2.71. The van der Waals surface area contributed by atoms with E-state index in [4.69, 9.17) is 14.5 Å². The van der Waals surface area contributed by atoms with Crippen LogP contribution in [0.3, 0.4) is 0 Å². The second-order valence-electron chi connectivity index (χ2n) is 6.79. The molecule has 0 saturated carbocycles. The molecule has 1 heterocycles. The molecule has 1 N–H and O–H groups in total. The van der Waals surface area contributed by atoms with Crippen LogP contribution in [-0.2, 0) is 4.65 Å². The Hall–Kier alpha value is -1.56. The van der Waals surface area contributed by atoms with Crippen molar-refractivity contribution < 1.29 is 23.7 Å². The second-order valence-corrected chi connectivity index (χ2v) is 6.79. The van der Waals surface area contributed by atoms with Gasteiger partial charge < -0.3 is 14.5 Å². The fourth-order valence-electron chi connectivity index (χ4n) is 2.71. The highest BCUT2D eigenvalue weighted by Crippen LogP contribution is 2.45. The Balaban J connectivity index is 2.46. The second kappa shape index (κ2) is 5.58.